The van der Waals surface area contributed by atoms with Gasteiger partial charge in [-0.2, -0.15) is 0 Å². The first-order valence-electron chi connectivity index (χ1n) is 8.04. The van der Waals surface area contributed by atoms with Gasteiger partial charge in [-0.15, -0.1) is 0 Å². The summed E-state index contributed by atoms with van der Waals surface area (Å²) < 4.78 is 18.1. The van der Waals surface area contributed by atoms with Gasteiger partial charge in [0.05, 0.1) is 7.11 Å². The van der Waals surface area contributed by atoms with Gasteiger partial charge >= 0.3 is 0 Å². The number of nitrogens with one attached hydrogen (secondary N) is 2. The van der Waals surface area contributed by atoms with Crippen LogP contribution in [0.25, 0.3) is 0 Å². The van der Waals surface area contributed by atoms with Crippen LogP contribution in [0.1, 0.15) is 15.9 Å². The maximum Gasteiger partial charge on any atom is 0.251 e. The molecule has 2 N–H and O–H groups in total. The molecular weight excluding hydrogens is 333 g/mol. The highest BCUT2D eigenvalue weighted by Gasteiger charge is 2.07. The Hall–Kier alpha value is -3.41. The van der Waals surface area contributed by atoms with E-state index >= 15 is 0 Å². The van der Waals surface area contributed by atoms with Crippen molar-refractivity contribution in [3.63, 3.8) is 0 Å². The lowest BCUT2D eigenvalue weighted by atomic mass is 10.2. The second-order valence-corrected chi connectivity index (χ2v) is 5.60. The summed E-state index contributed by atoms with van der Waals surface area (Å²) in [6, 6.07) is 16.7. The van der Waals surface area contributed by atoms with Gasteiger partial charge in [0.15, 0.2) is 0 Å². The van der Waals surface area contributed by atoms with E-state index in [1.165, 1.54) is 12.1 Å². The molecule has 2 aromatic carbocycles. The van der Waals surface area contributed by atoms with Crippen molar-refractivity contribution >= 4 is 17.4 Å². The minimum atomic E-state index is -0.303. The van der Waals surface area contributed by atoms with E-state index in [9.17, 15) is 9.18 Å². The van der Waals surface area contributed by atoms with Crippen molar-refractivity contribution in [2.75, 3.05) is 12.4 Å². The lowest BCUT2D eigenvalue weighted by Crippen LogP contribution is -2.22. The van der Waals surface area contributed by atoms with E-state index in [1.807, 2.05) is 24.3 Å². The number of benzene rings is 2. The molecule has 1 heterocycles. The number of carbonyl (C=O) groups is 1. The van der Waals surface area contributed by atoms with E-state index in [1.54, 1.807) is 37.6 Å². The van der Waals surface area contributed by atoms with Crippen LogP contribution in [0.3, 0.4) is 0 Å². The zero-order chi connectivity index (χ0) is 18.4. The van der Waals surface area contributed by atoms with E-state index in [-0.39, 0.29) is 11.7 Å². The predicted octanol–water partition coefficient (Wildman–Crippen LogP) is 3.90. The molecule has 0 aliphatic heterocycles. The van der Waals surface area contributed by atoms with Gasteiger partial charge in [0, 0.05) is 30.1 Å². The summed E-state index contributed by atoms with van der Waals surface area (Å²) in [5.41, 5.74) is 2.11. The quantitative estimate of drug-likeness (QED) is 0.707. The van der Waals surface area contributed by atoms with Gasteiger partial charge in [-0.3, -0.25) is 4.79 Å². The summed E-state index contributed by atoms with van der Waals surface area (Å²) in [6.45, 7) is 0.320. The Kier molecular flexibility index (Phi) is 5.43. The average Bonchev–Trinajstić information content (AvgIpc) is 2.67. The van der Waals surface area contributed by atoms with Crippen LogP contribution in [0.15, 0.2) is 66.9 Å². The van der Waals surface area contributed by atoms with Crippen molar-refractivity contribution in [3.8, 4) is 5.75 Å². The molecule has 3 aromatic rings. The number of ether oxygens (including phenoxy) is 1. The van der Waals surface area contributed by atoms with E-state index in [0.29, 0.717) is 17.9 Å². The van der Waals surface area contributed by atoms with Crippen LogP contribution in [0.5, 0.6) is 5.75 Å². The van der Waals surface area contributed by atoms with Crippen LogP contribution in [0.4, 0.5) is 15.9 Å². The molecule has 1 aromatic heterocycles. The van der Waals surface area contributed by atoms with Crippen molar-refractivity contribution in [1.82, 2.24) is 10.3 Å². The Morgan fingerprint density at radius 2 is 1.92 bits per heavy atom. The number of rotatable bonds is 6. The maximum atomic E-state index is 12.9. The number of amides is 1. The Labute approximate surface area is 150 Å². The Morgan fingerprint density at radius 1 is 1.12 bits per heavy atom. The third kappa shape index (κ3) is 4.57. The molecule has 0 saturated carbocycles. The smallest absolute Gasteiger partial charge is 0.251 e. The Morgan fingerprint density at radius 3 is 2.69 bits per heavy atom. The summed E-state index contributed by atoms with van der Waals surface area (Å²) >= 11 is 0. The van der Waals surface area contributed by atoms with Gasteiger partial charge in [0.25, 0.3) is 5.91 Å². The van der Waals surface area contributed by atoms with Gasteiger partial charge in [-0.25, -0.2) is 9.37 Å². The van der Waals surface area contributed by atoms with Gasteiger partial charge in [-0.1, -0.05) is 18.2 Å². The predicted molar refractivity (Wildman–Crippen MR) is 98.1 cm³/mol. The molecule has 132 valence electrons. The fourth-order valence-corrected chi connectivity index (χ4v) is 2.38. The van der Waals surface area contributed by atoms with Crippen molar-refractivity contribution in [2.45, 2.75) is 6.54 Å². The van der Waals surface area contributed by atoms with Crippen LogP contribution in [0.2, 0.25) is 0 Å². The number of nitrogens with zero attached hydrogens (tertiary/aromatic N) is 1. The number of hydrogen-bond donors (Lipinski definition) is 2. The summed E-state index contributed by atoms with van der Waals surface area (Å²) in [4.78, 5) is 16.6. The highest BCUT2D eigenvalue weighted by atomic mass is 19.1. The topological polar surface area (TPSA) is 63.2 Å². The van der Waals surface area contributed by atoms with Gasteiger partial charge in [0.2, 0.25) is 0 Å². The molecule has 6 heteroatoms. The number of hydrogen-bond acceptors (Lipinski definition) is 4. The SMILES string of the molecule is COc1cccc(Nc2cc(C(=O)NCc3ccc(F)cc3)ccn2)c1. The largest absolute Gasteiger partial charge is 0.497 e. The van der Waals surface area contributed by atoms with Crippen molar-refractivity contribution in [2.24, 2.45) is 0 Å². The molecule has 0 bridgehead atoms. The molecule has 5 nitrogen and oxygen atoms in total. The first-order chi connectivity index (χ1) is 12.6. The average molecular weight is 351 g/mol. The standard InChI is InChI=1S/C20H18FN3O2/c1-26-18-4-2-3-17(12-18)24-19-11-15(9-10-22-19)20(25)23-13-14-5-7-16(21)8-6-14/h2-12H,13H2,1H3,(H,22,24)(H,23,25). The number of halogens is 1. The van der Waals surface area contributed by atoms with E-state index in [0.717, 1.165) is 17.0 Å². The second-order valence-electron chi connectivity index (χ2n) is 5.60. The molecule has 0 aliphatic carbocycles. The zero-order valence-corrected chi connectivity index (χ0v) is 14.2. The van der Waals surface area contributed by atoms with Crippen molar-refractivity contribution in [3.05, 3.63) is 83.8 Å². The summed E-state index contributed by atoms with van der Waals surface area (Å²) in [5, 5.41) is 5.95. The monoisotopic (exact) mass is 351 g/mol. The number of aromatic nitrogens is 1. The van der Waals surface area contributed by atoms with Crippen LogP contribution in [-0.4, -0.2) is 18.0 Å². The Bertz CT molecular complexity index is 898. The molecule has 0 aliphatic rings. The van der Waals surface area contributed by atoms with Gasteiger partial charge in [-0.05, 0) is 42.0 Å². The maximum absolute atomic E-state index is 12.9. The van der Waals surface area contributed by atoms with Crippen LogP contribution in [0, 0.1) is 5.82 Å². The lowest BCUT2D eigenvalue weighted by Gasteiger charge is -2.09. The molecule has 0 spiro atoms. The molecule has 1 amide bonds. The minimum absolute atomic E-state index is 0.231. The number of methoxy groups -OCH3 is 1. The van der Waals surface area contributed by atoms with Crippen LogP contribution < -0.4 is 15.4 Å². The minimum Gasteiger partial charge on any atom is -0.497 e. The van der Waals surface area contributed by atoms with Gasteiger partial charge in [0.1, 0.15) is 17.4 Å². The molecular formula is C20H18FN3O2. The first-order valence-corrected chi connectivity index (χ1v) is 8.04. The highest BCUT2D eigenvalue weighted by Crippen LogP contribution is 2.20. The van der Waals surface area contributed by atoms with Gasteiger partial charge < -0.3 is 15.4 Å². The van der Waals surface area contributed by atoms with Crippen LogP contribution >= 0.6 is 0 Å². The second kappa shape index (κ2) is 8.11. The third-order valence-corrected chi connectivity index (χ3v) is 3.73. The molecule has 0 unspecified atom stereocenters. The molecule has 3 rings (SSSR count). The van der Waals surface area contributed by atoms with E-state index < -0.39 is 0 Å². The third-order valence-electron chi connectivity index (χ3n) is 3.73. The summed E-state index contributed by atoms with van der Waals surface area (Å²) in [7, 11) is 1.60. The Balaban J connectivity index is 1.65. The molecule has 0 radical (unpaired) electrons. The molecule has 0 saturated heterocycles. The molecule has 0 atom stereocenters. The first kappa shape index (κ1) is 17.4. The van der Waals surface area contributed by atoms with E-state index in [2.05, 4.69) is 15.6 Å². The van der Waals surface area contributed by atoms with E-state index in [4.69, 9.17) is 4.74 Å². The molecule has 26 heavy (non-hydrogen) atoms. The fourth-order valence-electron chi connectivity index (χ4n) is 2.38. The lowest BCUT2D eigenvalue weighted by molar-refractivity contribution is 0.0951. The van der Waals surface area contributed by atoms with Crippen LogP contribution in [-0.2, 0) is 6.54 Å². The number of anilines is 2. The summed E-state index contributed by atoms with van der Waals surface area (Å²) in [5.74, 6) is 0.740. The normalized spacial score (nSPS) is 10.2. The van der Waals surface area contributed by atoms with Crippen molar-refractivity contribution < 1.29 is 13.9 Å². The highest BCUT2D eigenvalue weighted by molar-refractivity contribution is 5.94. The zero-order valence-electron chi connectivity index (χ0n) is 14.2. The van der Waals surface area contributed by atoms with Crippen molar-refractivity contribution in [1.29, 1.82) is 0 Å². The number of pyridine rings is 1. The number of carbonyl (C=O) groups excluding carboxylic acids is 1. The summed E-state index contributed by atoms with van der Waals surface area (Å²) in [6.07, 6.45) is 1.56. The molecule has 0 fully saturated rings. The fraction of sp³-hybridized carbons (Fsp3) is 0.100.